The second-order valence-electron chi connectivity index (χ2n) is 5.56. The molecule has 0 spiro atoms. The van der Waals surface area contributed by atoms with E-state index in [9.17, 15) is 0 Å². The van der Waals surface area contributed by atoms with Gasteiger partial charge in [-0.15, -0.1) is 0 Å². The molecule has 0 bridgehead atoms. The standard InChI is InChI=1S/C17H22N2O/c1-14-8-11-20-17(14)12-18-16-6-4-15(5-7-16)13-19-9-2-3-10-19/h4-8,11,18H,2-3,9-10,12-13H2,1H3. The first kappa shape index (κ1) is 13.3. The monoisotopic (exact) mass is 270 g/mol. The van der Waals surface area contributed by atoms with Gasteiger partial charge in [-0.25, -0.2) is 0 Å². The average molecular weight is 270 g/mol. The Kier molecular flexibility index (Phi) is 4.07. The number of rotatable bonds is 5. The van der Waals surface area contributed by atoms with E-state index in [1.165, 1.54) is 37.1 Å². The van der Waals surface area contributed by atoms with Crippen LogP contribution in [0.1, 0.15) is 29.7 Å². The van der Waals surface area contributed by atoms with Crippen molar-refractivity contribution in [2.24, 2.45) is 0 Å². The summed E-state index contributed by atoms with van der Waals surface area (Å²) in [6, 6.07) is 10.7. The average Bonchev–Trinajstić information content (AvgIpc) is 3.10. The van der Waals surface area contributed by atoms with Crippen molar-refractivity contribution in [1.29, 1.82) is 0 Å². The molecule has 2 heterocycles. The summed E-state index contributed by atoms with van der Waals surface area (Å²) < 4.78 is 5.43. The predicted molar refractivity (Wildman–Crippen MR) is 81.7 cm³/mol. The fourth-order valence-electron chi connectivity index (χ4n) is 2.69. The van der Waals surface area contributed by atoms with Gasteiger partial charge in [0.15, 0.2) is 0 Å². The lowest BCUT2D eigenvalue weighted by Gasteiger charge is -2.14. The van der Waals surface area contributed by atoms with Crippen LogP contribution in [0.15, 0.2) is 41.0 Å². The highest BCUT2D eigenvalue weighted by molar-refractivity contribution is 5.45. The number of benzene rings is 1. The summed E-state index contributed by atoms with van der Waals surface area (Å²) >= 11 is 0. The van der Waals surface area contributed by atoms with Gasteiger partial charge >= 0.3 is 0 Å². The van der Waals surface area contributed by atoms with Crippen LogP contribution in [0.5, 0.6) is 0 Å². The van der Waals surface area contributed by atoms with Gasteiger partial charge in [0.05, 0.1) is 12.8 Å². The molecule has 106 valence electrons. The Hall–Kier alpha value is -1.74. The largest absolute Gasteiger partial charge is 0.467 e. The molecule has 1 aliphatic heterocycles. The van der Waals surface area contributed by atoms with Gasteiger partial charge in [-0.3, -0.25) is 4.90 Å². The molecule has 2 aromatic rings. The summed E-state index contributed by atoms with van der Waals surface area (Å²) in [6.07, 6.45) is 4.44. The minimum absolute atomic E-state index is 0.740. The summed E-state index contributed by atoms with van der Waals surface area (Å²) in [5.74, 6) is 1.01. The minimum Gasteiger partial charge on any atom is -0.467 e. The third kappa shape index (κ3) is 3.23. The second-order valence-corrected chi connectivity index (χ2v) is 5.56. The number of hydrogen-bond acceptors (Lipinski definition) is 3. The van der Waals surface area contributed by atoms with E-state index >= 15 is 0 Å². The van der Waals surface area contributed by atoms with E-state index in [0.29, 0.717) is 0 Å². The summed E-state index contributed by atoms with van der Waals surface area (Å²) in [5, 5.41) is 3.40. The van der Waals surface area contributed by atoms with E-state index < -0.39 is 0 Å². The third-order valence-corrected chi connectivity index (χ3v) is 3.98. The lowest BCUT2D eigenvalue weighted by Crippen LogP contribution is -2.18. The Morgan fingerprint density at radius 3 is 2.50 bits per heavy atom. The first-order chi connectivity index (χ1) is 9.81. The molecule has 0 unspecified atom stereocenters. The third-order valence-electron chi connectivity index (χ3n) is 3.98. The van der Waals surface area contributed by atoms with Crippen LogP contribution < -0.4 is 5.32 Å². The van der Waals surface area contributed by atoms with Crippen LogP contribution in [0.4, 0.5) is 5.69 Å². The van der Waals surface area contributed by atoms with Crippen molar-refractivity contribution < 1.29 is 4.42 Å². The molecule has 1 aliphatic rings. The Labute approximate surface area is 120 Å². The van der Waals surface area contributed by atoms with Gasteiger partial charge in [-0.05, 0) is 62.2 Å². The second kappa shape index (κ2) is 6.14. The number of likely N-dealkylation sites (tertiary alicyclic amines) is 1. The Bertz CT molecular complexity index is 538. The zero-order chi connectivity index (χ0) is 13.8. The highest BCUT2D eigenvalue weighted by atomic mass is 16.3. The molecule has 0 saturated carbocycles. The molecule has 1 fully saturated rings. The van der Waals surface area contributed by atoms with Crippen LogP contribution in [-0.4, -0.2) is 18.0 Å². The van der Waals surface area contributed by atoms with Gasteiger partial charge in [0.2, 0.25) is 0 Å². The zero-order valence-electron chi connectivity index (χ0n) is 12.1. The molecule has 1 N–H and O–H groups in total. The minimum atomic E-state index is 0.740. The van der Waals surface area contributed by atoms with Gasteiger partial charge < -0.3 is 9.73 Å². The van der Waals surface area contributed by atoms with Crippen molar-refractivity contribution in [2.75, 3.05) is 18.4 Å². The zero-order valence-corrected chi connectivity index (χ0v) is 12.1. The van der Waals surface area contributed by atoms with E-state index in [2.05, 4.69) is 41.4 Å². The maximum absolute atomic E-state index is 5.43. The van der Waals surface area contributed by atoms with Gasteiger partial charge in [0.25, 0.3) is 0 Å². The van der Waals surface area contributed by atoms with Crippen LogP contribution in [0.25, 0.3) is 0 Å². The fourth-order valence-corrected chi connectivity index (χ4v) is 2.69. The molecule has 3 nitrogen and oxygen atoms in total. The number of aryl methyl sites for hydroxylation is 1. The Morgan fingerprint density at radius 1 is 1.10 bits per heavy atom. The first-order valence-corrected chi connectivity index (χ1v) is 7.39. The van der Waals surface area contributed by atoms with Gasteiger partial charge in [0, 0.05) is 12.2 Å². The number of anilines is 1. The predicted octanol–water partition coefficient (Wildman–Crippen LogP) is 3.80. The summed E-state index contributed by atoms with van der Waals surface area (Å²) in [4.78, 5) is 2.52. The van der Waals surface area contributed by atoms with Crippen molar-refractivity contribution in [3.8, 4) is 0 Å². The van der Waals surface area contributed by atoms with Gasteiger partial charge in [-0.2, -0.15) is 0 Å². The molecular formula is C17H22N2O. The van der Waals surface area contributed by atoms with Gasteiger partial charge in [0.1, 0.15) is 5.76 Å². The molecule has 0 amide bonds. The normalized spacial score (nSPS) is 15.7. The van der Waals surface area contributed by atoms with E-state index in [1.807, 2.05) is 6.07 Å². The van der Waals surface area contributed by atoms with Crippen LogP contribution in [0.3, 0.4) is 0 Å². The molecule has 0 radical (unpaired) electrons. The summed E-state index contributed by atoms with van der Waals surface area (Å²) in [7, 11) is 0. The summed E-state index contributed by atoms with van der Waals surface area (Å²) in [6.45, 7) is 6.39. The van der Waals surface area contributed by atoms with Gasteiger partial charge in [-0.1, -0.05) is 12.1 Å². The number of furan rings is 1. The lowest BCUT2D eigenvalue weighted by atomic mass is 10.2. The first-order valence-electron chi connectivity index (χ1n) is 7.39. The van der Waals surface area contributed by atoms with Crippen molar-refractivity contribution in [3.05, 3.63) is 53.5 Å². The molecule has 20 heavy (non-hydrogen) atoms. The van der Waals surface area contributed by atoms with E-state index in [-0.39, 0.29) is 0 Å². The van der Waals surface area contributed by atoms with Crippen molar-refractivity contribution >= 4 is 5.69 Å². The van der Waals surface area contributed by atoms with Crippen molar-refractivity contribution in [3.63, 3.8) is 0 Å². The van der Waals surface area contributed by atoms with Crippen LogP contribution in [-0.2, 0) is 13.1 Å². The number of nitrogens with zero attached hydrogens (tertiary/aromatic N) is 1. The van der Waals surface area contributed by atoms with E-state index in [4.69, 9.17) is 4.42 Å². The molecule has 1 aromatic heterocycles. The maximum Gasteiger partial charge on any atom is 0.125 e. The van der Waals surface area contributed by atoms with Crippen molar-refractivity contribution in [1.82, 2.24) is 4.90 Å². The quantitative estimate of drug-likeness (QED) is 0.896. The SMILES string of the molecule is Cc1ccoc1CNc1ccc(CN2CCCC2)cc1. The topological polar surface area (TPSA) is 28.4 Å². The van der Waals surface area contributed by atoms with Crippen LogP contribution >= 0.6 is 0 Å². The maximum atomic E-state index is 5.43. The molecule has 0 aliphatic carbocycles. The highest BCUT2D eigenvalue weighted by Gasteiger charge is 2.11. The smallest absolute Gasteiger partial charge is 0.125 e. The van der Waals surface area contributed by atoms with E-state index in [0.717, 1.165) is 24.5 Å². The van der Waals surface area contributed by atoms with E-state index in [1.54, 1.807) is 6.26 Å². The highest BCUT2D eigenvalue weighted by Crippen LogP contribution is 2.16. The lowest BCUT2D eigenvalue weighted by molar-refractivity contribution is 0.331. The Balaban J connectivity index is 1.54. The molecule has 3 heteroatoms. The van der Waals surface area contributed by atoms with Crippen molar-refractivity contribution in [2.45, 2.75) is 32.9 Å². The van der Waals surface area contributed by atoms with Crippen LogP contribution in [0.2, 0.25) is 0 Å². The molecular weight excluding hydrogens is 248 g/mol. The van der Waals surface area contributed by atoms with Crippen LogP contribution in [0, 0.1) is 6.92 Å². The molecule has 1 aromatic carbocycles. The summed E-state index contributed by atoms with van der Waals surface area (Å²) in [5.41, 5.74) is 3.74. The number of nitrogens with one attached hydrogen (secondary N) is 1. The fraction of sp³-hybridized carbons (Fsp3) is 0.412. The Morgan fingerprint density at radius 2 is 1.85 bits per heavy atom. The molecule has 3 rings (SSSR count). The molecule has 0 atom stereocenters. The molecule has 1 saturated heterocycles. The number of hydrogen-bond donors (Lipinski definition) is 1.